The van der Waals surface area contributed by atoms with E-state index in [1.54, 1.807) is 18.5 Å². The second-order valence-electron chi connectivity index (χ2n) is 5.26. The number of aromatic nitrogens is 1. The lowest BCUT2D eigenvalue weighted by atomic mass is 9.92. The SMILES string of the molecule is C[C@@H]1C[C@H]2CCN(C(=O)c3cccnc3)C[C@@H]2O1. The second kappa shape index (κ2) is 4.69. The molecule has 1 aromatic rings. The fourth-order valence-corrected chi connectivity index (χ4v) is 3.03. The van der Waals surface area contributed by atoms with Gasteiger partial charge in [0, 0.05) is 25.5 Å². The molecule has 18 heavy (non-hydrogen) atoms. The Morgan fingerprint density at radius 3 is 3.22 bits per heavy atom. The van der Waals surface area contributed by atoms with E-state index in [-0.39, 0.29) is 12.0 Å². The molecule has 4 heteroatoms. The molecular weight excluding hydrogens is 228 g/mol. The summed E-state index contributed by atoms with van der Waals surface area (Å²) in [5.41, 5.74) is 0.669. The third-order valence-electron chi connectivity index (χ3n) is 3.93. The standard InChI is InChI=1S/C14H18N2O2/c1-10-7-11-4-6-16(9-13(11)18-10)14(17)12-3-2-5-15-8-12/h2-3,5,8,10-11,13H,4,6-7,9H2,1H3/t10-,11-,13+/m1/s1. The first kappa shape index (κ1) is 11.7. The topological polar surface area (TPSA) is 42.4 Å². The van der Waals surface area contributed by atoms with Gasteiger partial charge in [-0.1, -0.05) is 0 Å². The summed E-state index contributed by atoms with van der Waals surface area (Å²) >= 11 is 0. The Hall–Kier alpha value is -1.42. The van der Waals surface area contributed by atoms with Gasteiger partial charge in [0.25, 0.3) is 5.91 Å². The molecule has 2 aliphatic rings. The number of hydrogen-bond acceptors (Lipinski definition) is 3. The van der Waals surface area contributed by atoms with Gasteiger partial charge in [-0.2, -0.15) is 0 Å². The van der Waals surface area contributed by atoms with Crippen molar-refractivity contribution in [2.24, 2.45) is 5.92 Å². The minimum Gasteiger partial charge on any atom is -0.373 e. The van der Waals surface area contributed by atoms with E-state index in [4.69, 9.17) is 4.74 Å². The van der Waals surface area contributed by atoms with Crippen LogP contribution < -0.4 is 0 Å². The highest BCUT2D eigenvalue weighted by atomic mass is 16.5. The molecule has 0 spiro atoms. The van der Waals surface area contributed by atoms with Crippen LogP contribution in [0.1, 0.15) is 30.1 Å². The van der Waals surface area contributed by atoms with Crippen LogP contribution >= 0.6 is 0 Å². The van der Waals surface area contributed by atoms with Gasteiger partial charge in [0.2, 0.25) is 0 Å². The van der Waals surface area contributed by atoms with Gasteiger partial charge in [-0.05, 0) is 37.8 Å². The van der Waals surface area contributed by atoms with Gasteiger partial charge in [0.05, 0.1) is 17.8 Å². The van der Waals surface area contributed by atoms with Crippen LogP contribution in [0.5, 0.6) is 0 Å². The predicted octanol–water partition coefficient (Wildman–Crippen LogP) is 1.72. The average molecular weight is 246 g/mol. The zero-order valence-corrected chi connectivity index (χ0v) is 10.6. The molecule has 0 bridgehead atoms. The minimum atomic E-state index is 0.0738. The van der Waals surface area contributed by atoms with Crippen LogP contribution in [0.25, 0.3) is 0 Å². The van der Waals surface area contributed by atoms with Crippen molar-refractivity contribution in [1.82, 2.24) is 9.88 Å². The number of rotatable bonds is 1. The first-order valence-corrected chi connectivity index (χ1v) is 6.59. The van der Waals surface area contributed by atoms with Gasteiger partial charge in [-0.25, -0.2) is 0 Å². The Bertz CT molecular complexity index is 435. The van der Waals surface area contributed by atoms with Crippen LogP contribution in [0, 0.1) is 5.92 Å². The van der Waals surface area contributed by atoms with Crippen LogP contribution in [0.2, 0.25) is 0 Å². The Labute approximate surface area is 107 Å². The number of carbonyl (C=O) groups excluding carboxylic acids is 1. The molecule has 2 saturated heterocycles. The Kier molecular flexibility index (Phi) is 3.04. The van der Waals surface area contributed by atoms with Crippen molar-refractivity contribution in [2.45, 2.75) is 32.0 Å². The zero-order chi connectivity index (χ0) is 12.5. The zero-order valence-electron chi connectivity index (χ0n) is 10.6. The van der Waals surface area contributed by atoms with E-state index in [0.717, 1.165) is 25.9 Å². The van der Waals surface area contributed by atoms with Crippen LogP contribution in [0.4, 0.5) is 0 Å². The molecule has 0 aliphatic carbocycles. The third-order valence-corrected chi connectivity index (χ3v) is 3.93. The molecule has 0 radical (unpaired) electrons. The summed E-state index contributed by atoms with van der Waals surface area (Å²) in [5, 5.41) is 0. The first-order chi connectivity index (χ1) is 8.74. The number of carbonyl (C=O) groups is 1. The molecule has 0 unspecified atom stereocenters. The van der Waals surface area contributed by atoms with Crippen molar-refractivity contribution in [3.63, 3.8) is 0 Å². The van der Waals surface area contributed by atoms with E-state index in [1.807, 2.05) is 11.0 Å². The van der Waals surface area contributed by atoms with Crippen molar-refractivity contribution >= 4 is 5.91 Å². The van der Waals surface area contributed by atoms with E-state index < -0.39 is 0 Å². The van der Waals surface area contributed by atoms with Gasteiger partial charge >= 0.3 is 0 Å². The van der Waals surface area contributed by atoms with Crippen molar-refractivity contribution in [1.29, 1.82) is 0 Å². The maximum absolute atomic E-state index is 12.3. The number of likely N-dealkylation sites (tertiary alicyclic amines) is 1. The second-order valence-corrected chi connectivity index (χ2v) is 5.26. The Morgan fingerprint density at radius 2 is 2.44 bits per heavy atom. The summed E-state index contributed by atoms with van der Waals surface area (Å²) in [6.07, 6.45) is 6.08. The lowest BCUT2D eigenvalue weighted by molar-refractivity contribution is 0.00155. The fourth-order valence-electron chi connectivity index (χ4n) is 3.03. The lowest BCUT2D eigenvalue weighted by Crippen LogP contribution is -2.45. The van der Waals surface area contributed by atoms with Gasteiger partial charge in [-0.3, -0.25) is 9.78 Å². The smallest absolute Gasteiger partial charge is 0.255 e. The van der Waals surface area contributed by atoms with Gasteiger partial charge in [0.15, 0.2) is 0 Å². The highest BCUT2D eigenvalue weighted by Gasteiger charge is 2.38. The molecule has 1 aromatic heterocycles. The van der Waals surface area contributed by atoms with Crippen LogP contribution in [-0.4, -0.2) is 41.1 Å². The quantitative estimate of drug-likeness (QED) is 0.757. The van der Waals surface area contributed by atoms with Crippen molar-refractivity contribution in [3.8, 4) is 0 Å². The molecule has 2 fully saturated rings. The molecule has 2 aliphatic heterocycles. The van der Waals surface area contributed by atoms with E-state index in [0.29, 0.717) is 17.6 Å². The van der Waals surface area contributed by atoms with Crippen molar-refractivity contribution in [2.75, 3.05) is 13.1 Å². The van der Waals surface area contributed by atoms with E-state index in [1.165, 1.54) is 0 Å². The largest absolute Gasteiger partial charge is 0.373 e. The number of pyridine rings is 1. The minimum absolute atomic E-state index is 0.0738. The van der Waals surface area contributed by atoms with Gasteiger partial charge in [-0.15, -0.1) is 0 Å². The number of fused-ring (bicyclic) bond motifs is 1. The molecule has 0 N–H and O–H groups in total. The number of ether oxygens (including phenoxy) is 1. The third kappa shape index (κ3) is 2.12. The summed E-state index contributed by atoms with van der Waals surface area (Å²) in [4.78, 5) is 18.2. The fraction of sp³-hybridized carbons (Fsp3) is 0.571. The average Bonchev–Trinajstić information content (AvgIpc) is 2.78. The van der Waals surface area contributed by atoms with E-state index >= 15 is 0 Å². The molecule has 3 atom stereocenters. The normalized spacial score (nSPS) is 31.2. The van der Waals surface area contributed by atoms with Crippen molar-refractivity contribution < 1.29 is 9.53 Å². The lowest BCUT2D eigenvalue weighted by Gasteiger charge is -2.34. The molecule has 0 saturated carbocycles. The highest BCUT2D eigenvalue weighted by Crippen LogP contribution is 2.33. The number of piperidine rings is 1. The maximum atomic E-state index is 12.3. The Balaban J connectivity index is 1.70. The predicted molar refractivity (Wildman–Crippen MR) is 67.2 cm³/mol. The van der Waals surface area contributed by atoms with Gasteiger partial charge in [0.1, 0.15) is 0 Å². The summed E-state index contributed by atoms with van der Waals surface area (Å²) in [7, 11) is 0. The summed E-state index contributed by atoms with van der Waals surface area (Å²) in [6.45, 7) is 3.68. The molecule has 3 rings (SSSR count). The van der Waals surface area contributed by atoms with Crippen molar-refractivity contribution in [3.05, 3.63) is 30.1 Å². The summed E-state index contributed by atoms with van der Waals surface area (Å²) in [5.74, 6) is 0.711. The van der Waals surface area contributed by atoms with Crippen LogP contribution in [0.15, 0.2) is 24.5 Å². The van der Waals surface area contributed by atoms with E-state index in [2.05, 4.69) is 11.9 Å². The number of amides is 1. The van der Waals surface area contributed by atoms with Gasteiger partial charge < -0.3 is 9.64 Å². The van der Waals surface area contributed by atoms with Crippen LogP contribution in [-0.2, 0) is 4.74 Å². The van der Waals surface area contributed by atoms with E-state index in [9.17, 15) is 4.79 Å². The molecule has 3 heterocycles. The number of hydrogen-bond donors (Lipinski definition) is 0. The molecular formula is C14H18N2O2. The molecule has 96 valence electrons. The molecule has 4 nitrogen and oxygen atoms in total. The Morgan fingerprint density at radius 1 is 1.56 bits per heavy atom. The van der Waals surface area contributed by atoms with Crippen LogP contribution in [0.3, 0.4) is 0 Å². The molecule has 1 amide bonds. The summed E-state index contributed by atoms with van der Waals surface area (Å²) < 4.78 is 5.87. The first-order valence-electron chi connectivity index (χ1n) is 6.59. The number of nitrogens with zero attached hydrogens (tertiary/aromatic N) is 2. The summed E-state index contributed by atoms with van der Waals surface area (Å²) in [6, 6.07) is 3.62. The monoisotopic (exact) mass is 246 g/mol. The maximum Gasteiger partial charge on any atom is 0.255 e. The highest BCUT2D eigenvalue weighted by molar-refractivity contribution is 5.93. The molecule has 0 aromatic carbocycles.